The second-order valence-corrected chi connectivity index (χ2v) is 5.72. The third-order valence-corrected chi connectivity index (χ3v) is 4.33. The third-order valence-electron chi connectivity index (χ3n) is 3.42. The van der Waals surface area contributed by atoms with Crippen LogP contribution in [0.3, 0.4) is 0 Å². The Morgan fingerprint density at radius 1 is 1.22 bits per heavy atom. The number of benzene rings is 1. The zero-order valence-corrected chi connectivity index (χ0v) is 13.7. The largest absolute Gasteiger partial charge is 0.465 e. The van der Waals surface area contributed by atoms with Crippen molar-refractivity contribution in [1.29, 1.82) is 0 Å². The summed E-state index contributed by atoms with van der Waals surface area (Å²) in [5, 5.41) is 8.58. The Labute approximate surface area is 136 Å². The molecule has 0 amide bonds. The molecular formula is C15H16N4O3S. The van der Waals surface area contributed by atoms with Crippen LogP contribution in [0, 0.1) is 0 Å². The lowest BCUT2D eigenvalue weighted by Gasteiger charge is -2.10. The number of nitrogens with zero attached hydrogens (tertiary/aromatic N) is 4. The van der Waals surface area contributed by atoms with E-state index in [4.69, 9.17) is 4.74 Å². The molecule has 3 rings (SSSR count). The number of fused-ring (bicyclic) bond motifs is 3. The van der Waals surface area contributed by atoms with Crippen LogP contribution in [0.1, 0.15) is 13.8 Å². The zero-order valence-electron chi connectivity index (χ0n) is 12.9. The van der Waals surface area contributed by atoms with Crippen LogP contribution in [0.5, 0.6) is 0 Å². The van der Waals surface area contributed by atoms with Crippen LogP contribution in [-0.4, -0.2) is 37.5 Å². The summed E-state index contributed by atoms with van der Waals surface area (Å²) in [4.78, 5) is 24.1. The molecule has 8 heteroatoms. The van der Waals surface area contributed by atoms with Crippen molar-refractivity contribution in [2.75, 3.05) is 12.4 Å². The molecule has 3 aromatic rings. The Bertz CT molecular complexity index is 932. The molecule has 0 aliphatic rings. The third kappa shape index (κ3) is 2.70. The number of aromatic nitrogens is 4. The standard InChI is InChI=1S/C15H16N4O3S/c1-3-18-10-7-5-6-8-11(10)19-13(14(18)21)16-17-15(19)23-9-12(20)22-4-2/h5-8H,3-4,9H2,1-2H3. The molecule has 0 unspecified atom stereocenters. The average molecular weight is 332 g/mol. The van der Waals surface area contributed by atoms with E-state index in [9.17, 15) is 9.59 Å². The van der Waals surface area contributed by atoms with Crippen molar-refractivity contribution in [2.24, 2.45) is 0 Å². The maximum absolute atomic E-state index is 12.6. The number of ether oxygens (including phenoxy) is 1. The van der Waals surface area contributed by atoms with Crippen LogP contribution < -0.4 is 5.56 Å². The summed E-state index contributed by atoms with van der Waals surface area (Å²) in [5.41, 5.74) is 1.71. The Morgan fingerprint density at radius 2 is 1.96 bits per heavy atom. The van der Waals surface area contributed by atoms with Gasteiger partial charge in [0.15, 0.2) is 5.16 Å². The lowest BCUT2D eigenvalue weighted by atomic mass is 10.3. The van der Waals surface area contributed by atoms with E-state index in [0.717, 1.165) is 11.0 Å². The van der Waals surface area contributed by atoms with Gasteiger partial charge in [0, 0.05) is 6.54 Å². The van der Waals surface area contributed by atoms with Crippen molar-refractivity contribution in [3.8, 4) is 0 Å². The highest BCUT2D eigenvalue weighted by molar-refractivity contribution is 7.99. The van der Waals surface area contributed by atoms with Crippen LogP contribution in [0.15, 0.2) is 34.2 Å². The number of hydrogen-bond acceptors (Lipinski definition) is 6. The highest BCUT2D eigenvalue weighted by Gasteiger charge is 2.17. The molecule has 0 saturated carbocycles. The van der Waals surface area contributed by atoms with Gasteiger partial charge in [0.1, 0.15) is 0 Å². The summed E-state index contributed by atoms with van der Waals surface area (Å²) >= 11 is 1.21. The molecule has 1 aromatic carbocycles. The Kier molecular flexibility index (Phi) is 4.33. The number of para-hydroxylation sites is 2. The average Bonchev–Trinajstić information content (AvgIpc) is 2.98. The summed E-state index contributed by atoms with van der Waals surface area (Å²) in [6.07, 6.45) is 0. The van der Waals surface area contributed by atoms with Gasteiger partial charge in [0.25, 0.3) is 5.56 Å². The topological polar surface area (TPSA) is 78.5 Å². The number of hydrogen-bond donors (Lipinski definition) is 0. The van der Waals surface area contributed by atoms with Gasteiger partial charge in [-0.05, 0) is 26.0 Å². The fraction of sp³-hybridized carbons (Fsp3) is 0.333. The van der Waals surface area contributed by atoms with Gasteiger partial charge in [-0.25, -0.2) is 0 Å². The van der Waals surface area contributed by atoms with Crippen LogP contribution in [0.25, 0.3) is 16.7 Å². The summed E-state index contributed by atoms with van der Waals surface area (Å²) in [6, 6.07) is 7.58. The lowest BCUT2D eigenvalue weighted by Crippen LogP contribution is -2.22. The quantitative estimate of drug-likeness (QED) is 0.523. The first kappa shape index (κ1) is 15.5. The maximum atomic E-state index is 12.6. The molecule has 0 spiro atoms. The maximum Gasteiger partial charge on any atom is 0.316 e. The SMILES string of the molecule is CCOC(=O)CSc1nnc2c(=O)n(CC)c3ccccc3n12. The van der Waals surface area contributed by atoms with Crippen molar-refractivity contribution >= 4 is 34.4 Å². The van der Waals surface area contributed by atoms with Gasteiger partial charge in [-0.15, -0.1) is 10.2 Å². The van der Waals surface area contributed by atoms with Crippen molar-refractivity contribution in [3.05, 3.63) is 34.6 Å². The molecule has 0 bridgehead atoms. The van der Waals surface area contributed by atoms with Crippen molar-refractivity contribution in [1.82, 2.24) is 19.2 Å². The molecular weight excluding hydrogens is 316 g/mol. The minimum atomic E-state index is -0.319. The van der Waals surface area contributed by atoms with Gasteiger partial charge in [0.2, 0.25) is 5.65 Å². The first-order valence-electron chi connectivity index (χ1n) is 7.32. The molecule has 0 fully saturated rings. The zero-order chi connectivity index (χ0) is 16.4. The van der Waals surface area contributed by atoms with E-state index in [1.807, 2.05) is 31.2 Å². The van der Waals surface area contributed by atoms with Crippen LogP contribution in [-0.2, 0) is 16.1 Å². The molecule has 0 aliphatic carbocycles. The molecule has 0 N–H and O–H groups in total. The molecule has 2 heterocycles. The van der Waals surface area contributed by atoms with Gasteiger partial charge >= 0.3 is 5.97 Å². The molecule has 0 saturated heterocycles. The molecule has 0 atom stereocenters. The highest BCUT2D eigenvalue weighted by Crippen LogP contribution is 2.21. The second kappa shape index (κ2) is 6.41. The van der Waals surface area contributed by atoms with E-state index in [1.165, 1.54) is 11.8 Å². The van der Waals surface area contributed by atoms with Crippen molar-refractivity contribution in [2.45, 2.75) is 25.5 Å². The normalized spacial score (nSPS) is 11.2. The molecule has 120 valence electrons. The van der Waals surface area contributed by atoms with Gasteiger partial charge in [0.05, 0.1) is 23.4 Å². The first-order chi connectivity index (χ1) is 11.2. The number of esters is 1. The van der Waals surface area contributed by atoms with E-state index in [1.54, 1.807) is 15.9 Å². The Balaban J connectivity index is 2.15. The molecule has 2 aromatic heterocycles. The fourth-order valence-corrected chi connectivity index (χ4v) is 3.21. The van der Waals surface area contributed by atoms with E-state index in [-0.39, 0.29) is 22.9 Å². The summed E-state index contributed by atoms with van der Waals surface area (Å²) in [7, 11) is 0. The van der Waals surface area contributed by atoms with Crippen LogP contribution >= 0.6 is 11.8 Å². The number of aryl methyl sites for hydroxylation is 1. The molecule has 23 heavy (non-hydrogen) atoms. The van der Waals surface area contributed by atoms with E-state index >= 15 is 0 Å². The minimum absolute atomic E-state index is 0.125. The Hall–Kier alpha value is -2.35. The predicted molar refractivity (Wildman–Crippen MR) is 87.8 cm³/mol. The number of thioether (sulfide) groups is 1. The molecule has 7 nitrogen and oxygen atoms in total. The number of rotatable bonds is 5. The number of carbonyl (C=O) groups excluding carboxylic acids is 1. The van der Waals surface area contributed by atoms with Crippen LogP contribution in [0.2, 0.25) is 0 Å². The predicted octanol–water partition coefficient (Wildman–Crippen LogP) is 1.72. The molecule has 0 radical (unpaired) electrons. The van der Waals surface area contributed by atoms with Crippen molar-refractivity contribution in [3.63, 3.8) is 0 Å². The fourth-order valence-electron chi connectivity index (χ4n) is 2.47. The molecule has 0 aliphatic heterocycles. The van der Waals surface area contributed by atoms with Gasteiger partial charge in [-0.3, -0.25) is 14.0 Å². The van der Waals surface area contributed by atoms with E-state index in [2.05, 4.69) is 10.2 Å². The second-order valence-electron chi connectivity index (χ2n) is 4.77. The van der Waals surface area contributed by atoms with Gasteiger partial charge in [-0.2, -0.15) is 0 Å². The van der Waals surface area contributed by atoms with Crippen molar-refractivity contribution < 1.29 is 9.53 Å². The van der Waals surface area contributed by atoms with Crippen LogP contribution in [0.4, 0.5) is 0 Å². The van der Waals surface area contributed by atoms with E-state index < -0.39 is 0 Å². The summed E-state index contributed by atoms with van der Waals surface area (Å²) in [5.74, 6) is -0.194. The lowest BCUT2D eigenvalue weighted by molar-refractivity contribution is -0.139. The van der Waals surface area contributed by atoms with Gasteiger partial charge < -0.3 is 9.30 Å². The highest BCUT2D eigenvalue weighted by atomic mass is 32.2. The number of carbonyl (C=O) groups is 1. The van der Waals surface area contributed by atoms with E-state index in [0.29, 0.717) is 18.3 Å². The first-order valence-corrected chi connectivity index (χ1v) is 8.31. The summed E-state index contributed by atoms with van der Waals surface area (Å²) in [6.45, 7) is 4.56. The Morgan fingerprint density at radius 3 is 2.65 bits per heavy atom. The monoisotopic (exact) mass is 332 g/mol. The smallest absolute Gasteiger partial charge is 0.316 e. The summed E-state index contributed by atoms with van der Waals surface area (Å²) < 4.78 is 8.28. The van der Waals surface area contributed by atoms with Gasteiger partial charge in [-0.1, -0.05) is 23.9 Å². The minimum Gasteiger partial charge on any atom is -0.465 e.